The molecule has 2 aliphatic rings. The van der Waals surface area contributed by atoms with Crippen LogP contribution in [0.5, 0.6) is 0 Å². The number of hydrogen-bond acceptors (Lipinski definition) is 4. The van der Waals surface area contributed by atoms with Crippen molar-refractivity contribution in [3.8, 4) is 0 Å². The standard InChI is InChI=1S/C18H30N4OS/c1-11(2)13-10-24-14(21-13)9-20-17(19-5)22-15-12-7-6-8-23-16(12)18(15,3)4/h10-12,15-16H,6-9H2,1-5H3,(H2,19,20,22). The lowest BCUT2D eigenvalue weighted by atomic mass is 9.55. The van der Waals surface area contributed by atoms with Crippen molar-refractivity contribution in [1.29, 1.82) is 0 Å². The number of guanidine groups is 1. The van der Waals surface area contributed by atoms with Crippen LogP contribution in [-0.4, -0.2) is 36.7 Å². The lowest BCUT2D eigenvalue weighted by molar-refractivity contribution is -0.188. The summed E-state index contributed by atoms with van der Waals surface area (Å²) in [4.78, 5) is 9.08. The molecule has 1 aliphatic carbocycles. The molecule has 3 unspecified atom stereocenters. The van der Waals surface area contributed by atoms with Crippen molar-refractivity contribution in [1.82, 2.24) is 15.6 Å². The van der Waals surface area contributed by atoms with Gasteiger partial charge in [-0.05, 0) is 18.8 Å². The van der Waals surface area contributed by atoms with Gasteiger partial charge in [0.1, 0.15) is 5.01 Å². The Kier molecular flexibility index (Phi) is 5.16. The summed E-state index contributed by atoms with van der Waals surface area (Å²) in [6, 6.07) is 0.413. The smallest absolute Gasteiger partial charge is 0.191 e. The Morgan fingerprint density at radius 1 is 1.50 bits per heavy atom. The molecule has 134 valence electrons. The van der Waals surface area contributed by atoms with Gasteiger partial charge in [-0.2, -0.15) is 0 Å². The van der Waals surface area contributed by atoms with Crippen LogP contribution in [0, 0.1) is 11.3 Å². The highest BCUT2D eigenvalue weighted by atomic mass is 32.1. The molecule has 5 nitrogen and oxygen atoms in total. The Bertz CT molecular complexity index is 596. The number of aromatic nitrogens is 1. The zero-order valence-electron chi connectivity index (χ0n) is 15.4. The van der Waals surface area contributed by atoms with Gasteiger partial charge < -0.3 is 15.4 Å². The molecule has 1 saturated heterocycles. The molecule has 0 radical (unpaired) electrons. The van der Waals surface area contributed by atoms with Crippen molar-refractivity contribution in [2.45, 2.75) is 65.1 Å². The minimum Gasteiger partial charge on any atom is -0.377 e. The predicted molar refractivity (Wildman–Crippen MR) is 99.6 cm³/mol. The molecule has 1 aromatic rings. The van der Waals surface area contributed by atoms with Crippen LogP contribution in [0.3, 0.4) is 0 Å². The van der Waals surface area contributed by atoms with Gasteiger partial charge in [-0.25, -0.2) is 4.98 Å². The van der Waals surface area contributed by atoms with E-state index in [1.54, 1.807) is 11.3 Å². The summed E-state index contributed by atoms with van der Waals surface area (Å²) in [7, 11) is 1.83. The van der Waals surface area contributed by atoms with Gasteiger partial charge in [-0.15, -0.1) is 11.3 Å². The van der Waals surface area contributed by atoms with E-state index in [1.165, 1.54) is 18.5 Å². The average molecular weight is 351 g/mol. The zero-order chi connectivity index (χ0) is 17.3. The third-order valence-corrected chi connectivity index (χ3v) is 6.28. The molecule has 2 N–H and O–H groups in total. The van der Waals surface area contributed by atoms with Gasteiger partial charge >= 0.3 is 0 Å². The van der Waals surface area contributed by atoms with Crippen LogP contribution in [-0.2, 0) is 11.3 Å². The molecule has 0 spiro atoms. The Hall–Kier alpha value is -1.14. The van der Waals surface area contributed by atoms with E-state index in [2.05, 4.69) is 53.7 Å². The lowest BCUT2D eigenvalue weighted by Gasteiger charge is -2.60. The lowest BCUT2D eigenvalue weighted by Crippen LogP contribution is -2.70. The monoisotopic (exact) mass is 350 g/mol. The summed E-state index contributed by atoms with van der Waals surface area (Å²) in [6.07, 6.45) is 2.79. The number of hydrogen-bond donors (Lipinski definition) is 2. The van der Waals surface area contributed by atoms with E-state index >= 15 is 0 Å². The molecular formula is C18H30N4OS. The van der Waals surface area contributed by atoms with E-state index in [0.717, 1.165) is 24.1 Å². The molecular weight excluding hydrogens is 320 g/mol. The van der Waals surface area contributed by atoms with Gasteiger partial charge in [-0.1, -0.05) is 27.7 Å². The number of nitrogens with zero attached hydrogens (tertiary/aromatic N) is 2. The van der Waals surface area contributed by atoms with Crippen LogP contribution in [0.2, 0.25) is 0 Å². The molecule has 2 heterocycles. The minimum absolute atomic E-state index is 0.148. The number of fused-ring (bicyclic) bond motifs is 1. The normalized spacial score (nSPS) is 29.1. The second kappa shape index (κ2) is 7.00. The summed E-state index contributed by atoms with van der Waals surface area (Å²) in [6.45, 7) is 10.6. The second-order valence-electron chi connectivity index (χ2n) is 7.79. The molecule has 6 heteroatoms. The molecule has 3 atom stereocenters. The Morgan fingerprint density at radius 2 is 2.29 bits per heavy atom. The van der Waals surface area contributed by atoms with Crippen molar-refractivity contribution in [2.75, 3.05) is 13.7 Å². The first-order valence-corrected chi connectivity index (χ1v) is 9.84. The number of aliphatic imine (C=N–C) groups is 1. The first-order chi connectivity index (χ1) is 11.4. The summed E-state index contributed by atoms with van der Waals surface area (Å²) in [5.74, 6) is 1.93. The fourth-order valence-electron chi connectivity index (χ4n) is 3.99. The second-order valence-corrected chi connectivity index (χ2v) is 8.73. The molecule has 0 bridgehead atoms. The zero-order valence-corrected chi connectivity index (χ0v) is 16.2. The topological polar surface area (TPSA) is 58.5 Å². The first kappa shape index (κ1) is 17.7. The van der Waals surface area contributed by atoms with Crippen molar-refractivity contribution in [3.05, 3.63) is 16.1 Å². The number of thiazole rings is 1. The third-order valence-electron chi connectivity index (χ3n) is 5.42. The van der Waals surface area contributed by atoms with Crippen LogP contribution < -0.4 is 10.6 Å². The van der Waals surface area contributed by atoms with E-state index in [-0.39, 0.29) is 5.41 Å². The number of ether oxygens (including phenoxy) is 1. The van der Waals surface area contributed by atoms with Crippen LogP contribution in [0.15, 0.2) is 10.4 Å². The average Bonchev–Trinajstić information content (AvgIpc) is 3.04. The highest BCUT2D eigenvalue weighted by molar-refractivity contribution is 7.09. The van der Waals surface area contributed by atoms with Crippen LogP contribution in [0.1, 0.15) is 57.2 Å². The molecule has 24 heavy (non-hydrogen) atoms. The Morgan fingerprint density at radius 3 is 2.96 bits per heavy atom. The molecule has 0 aromatic carbocycles. The summed E-state index contributed by atoms with van der Waals surface area (Å²) < 4.78 is 5.98. The van der Waals surface area contributed by atoms with Gasteiger partial charge in [0.05, 0.1) is 18.3 Å². The SMILES string of the molecule is CN=C(NCc1nc(C(C)C)cs1)NC1C2CCCOC2C1(C)C. The molecule has 1 aliphatic heterocycles. The highest BCUT2D eigenvalue weighted by Gasteiger charge is 2.58. The maximum absolute atomic E-state index is 5.98. The van der Waals surface area contributed by atoms with Crippen LogP contribution in [0.25, 0.3) is 0 Å². The first-order valence-electron chi connectivity index (χ1n) is 8.96. The summed E-state index contributed by atoms with van der Waals surface area (Å²) >= 11 is 1.71. The third kappa shape index (κ3) is 3.31. The fraction of sp³-hybridized carbons (Fsp3) is 0.778. The van der Waals surface area contributed by atoms with Crippen molar-refractivity contribution < 1.29 is 4.74 Å². The van der Waals surface area contributed by atoms with Gasteiger partial charge in [-0.3, -0.25) is 4.99 Å². The number of rotatable bonds is 4. The van der Waals surface area contributed by atoms with Crippen molar-refractivity contribution >= 4 is 17.3 Å². The molecule has 2 fully saturated rings. The van der Waals surface area contributed by atoms with Gasteiger partial charge in [0.25, 0.3) is 0 Å². The maximum atomic E-state index is 5.98. The molecule has 3 rings (SSSR count). The summed E-state index contributed by atoms with van der Waals surface area (Å²) in [5, 5.41) is 10.3. The quantitative estimate of drug-likeness (QED) is 0.647. The van der Waals surface area contributed by atoms with E-state index in [4.69, 9.17) is 4.74 Å². The van der Waals surface area contributed by atoms with Crippen LogP contribution in [0.4, 0.5) is 0 Å². The van der Waals surface area contributed by atoms with E-state index in [9.17, 15) is 0 Å². The van der Waals surface area contributed by atoms with Crippen molar-refractivity contribution in [2.24, 2.45) is 16.3 Å². The molecule has 1 saturated carbocycles. The summed E-state index contributed by atoms with van der Waals surface area (Å²) in [5.41, 5.74) is 1.32. The van der Waals surface area contributed by atoms with Gasteiger partial charge in [0, 0.05) is 36.4 Å². The van der Waals surface area contributed by atoms with Crippen molar-refractivity contribution in [3.63, 3.8) is 0 Å². The van der Waals surface area contributed by atoms with E-state index < -0.39 is 0 Å². The minimum atomic E-state index is 0.148. The van der Waals surface area contributed by atoms with Gasteiger partial charge in [0.15, 0.2) is 5.96 Å². The van der Waals surface area contributed by atoms with E-state index in [0.29, 0.717) is 24.0 Å². The highest BCUT2D eigenvalue weighted by Crippen LogP contribution is 2.51. The molecule has 0 amide bonds. The van der Waals surface area contributed by atoms with Crippen LogP contribution >= 0.6 is 11.3 Å². The Balaban J connectivity index is 1.57. The largest absolute Gasteiger partial charge is 0.377 e. The Labute approximate surface area is 149 Å². The van der Waals surface area contributed by atoms with Gasteiger partial charge in [0.2, 0.25) is 0 Å². The maximum Gasteiger partial charge on any atom is 0.191 e. The predicted octanol–water partition coefficient (Wildman–Crippen LogP) is 3.14. The number of nitrogens with one attached hydrogen (secondary N) is 2. The van der Waals surface area contributed by atoms with E-state index in [1.807, 2.05) is 7.05 Å². The fourth-order valence-corrected chi connectivity index (χ4v) is 4.88. The molecule has 1 aromatic heterocycles.